The molecule has 2 heterocycles. The zero-order valence-corrected chi connectivity index (χ0v) is 19.9. The average Bonchev–Trinajstić information content (AvgIpc) is 3.63. The Morgan fingerprint density at radius 3 is 2.38 bits per heavy atom. The number of carbonyl (C=O) groups is 1. The van der Waals surface area contributed by atoms with Crippen molar-refractivity contribution in [3.63, 3.8) is 0 Å². The van der Waals surface area contributed by atoms with Gasteiger partial charge in [0.05, 0.1) is 9.75 Å². The normalized spacial score (nSPS) is 24.8. The fraction of sp³-hybridized carbons (Fsp3) is 0.423. The molecule has 0 saturated heterocycles. The number of carbonyl (C=O) groups excluding carboxylic acids is 1. The number of ether oxygens (including phenoxy) is 1. The molecule has 2 saturated carbocycles. The molecular formula is C26H29NO3S2. The highest BCUT2D eigenvalue weighted by molar-refractivity contribution is 7.12. The van der Waals surface area contributed by atoms with Gasteiger partial charge in [0, 0.05) is 18.5 Å². The number of esters is 1. The van der Waals surface area contributed by atoms with Gasteiger partial charge in [-0.25, -0.2) is 4.79 Å². The van der Waals surface area contributed by atoms with Crippen LogP contribution in [0.3, 0.4) is 0 Å². The Morgan fingerprint density at radius 2 is 1.75 bits per heavy atom. The average molecular weight is 468 g/mol. The molecule has 4 atom stereocenters. The molecule has 1 aromatic carbocycles. The monoisotopic (exact) mass is 467 g/mol. The minimum atomic E-state index is -1.72. The summed E-state index contributed by atoms with van der Waals surface area (Å²) in [7, 11) is 2.20. The van der Waals surface area contributed by atoms with Crippen LogP contribution in [0.4, 0.5) is 0 Å². The van der Waals surface area contributed by atoms with E-state index in [4.69, 9.17) is 4.74 Å². The number of rotatable bonds is 8. The molecule has 4 unspecified atom stereocenters. The van der Waals surface area contributed by atoms with Gasteiger partial charge in [0.1, 0.15) is 6.10 Å². The Morgan fingerprint density at radius 1 is 1.06 bits per heavy atom. The number of nitrogens with zero attached hydrogens (tertiary/aromatic N) is 1. The highest BCUT2D eigenvalue weighted by Crippen LogP contribution is 2.49. The summed E-state index contributed by atoms with van der Waals surface area (Å²) < 4.78 is 6.15. The second kappa shape index (κ2) is 9.10. The Kier molecular flexibility index (Phi) is 6.21. The molecule has 1 N–H and O–H groups in total. The summed E-state index contributed by atoms with van der Waals surface area (Å²) in [6, 6.07) is 18.4. The van der Waals surface area contributed by atoms with Crippen LogP contribution in [0.1, 0.15) is 34.6 Å². The molecule has 0 amide bonds. The third kappa shape index (κ3) is 3.94. The number of thiophene rings is 2. The first-order valence-corrected chi connectivity index (χ1v) is 13.1. The summed E-state index contributed by atoms with van der Waals surface area (Å²) in [4.78, 5) is 17.1. The Labute approximate surface area is 197 Å². The molecule has 0 aliphatic heterocycles. The van der Waals surface area contributed by atoms with Gasteiger partial charge >= 0.3 is 5.97 Å². The van der Waals surface area contributed by atoms with E-state index >= 15 is 0 Å². The predicted molar refractivity (Wildman–Crippen MR) is 129 cm³/mol. The van der Waals surface area contributed by atoms with Crippen molar-refractivity contribution in [2.24, 2.45) is 11.8 Å². The number of aliphatic hydroxyl groups is 1. The lowest BCUT2D eigenvalue weighted by molar-refractivity contribution is -0.170. The Bertz CT molecular complexity index is 985. The van der Waals surface area contributed by atoms with Gasteiger partial charge in [-0.2, -0.15) is 0 Å². The van der Waals surface area contributed by atoms with Crippen molar-refractivity contribution in [2.45, 2.75) is 43.4 Å². The van der Waals surface area contributed by atoms with Gasteiger partial charge in [0.15, 0.2) is 0 Å². The summed E-state index contributed by atoms with van der Waals surface area (Å²) in [6.45, 7) is 0.993. The van der Waals surface area contributed by atoms with Crippen molar-refractivity contribution in [1.29, 1.82) is 0 Å². The lowest BCUT2D eigenvalue weighted by atomic mass is 9.94. The van der Waals surface area contributed by atoms with Crippen LogP contribution in [-0.2, 0) is 21.6 Å². The van der Waals surface area contributed by atoms with E-state index in [-0.39, 0.29) is 6.10 Å². The van der Waals surface area contributed by atoms with E-state index in [0.29, 0.717) is 27.6 Å². The van der Waals surface area contributed by atoms with Crippen LogP contribution in [0.2, 0.25) is 0 Å². The van der Waals surface area contributed by atoms with Crippen LogP contribution in [0, 0.1) is 11.8 Å². The molecule has 168 valence electrons. The number of hydrogen-bond donors (Lipinski definition) is 1. The minimum Gasteiger partial charge on any atom is -0.459 e. The molecular weight excluding hydrogens is 438 g/mol. The molecule has 2 aliphatic carbocycles. The maximum Gasteiger partial charge on any atom is 0.349 e. The largest absolute Gasteiger partial charge is 0.459 e. The second-order valence-electron chi connectivity index (χ2n) is 9.06. The first-order chi connectivity index (χ1) is 15.6. The van der Waals surface area contributed by atoms with Gasteiger partial charge in [-0.3, -0.25) is 0 Å². The van der Waals surface area contributed by atoms with E-state index < -0.39 is 11.6 Å². The summed E-state index contributed by atoms with van der Waals surface area (Å²) in [6.07, 6.45) is 4.15. The quantitative estimate of drug-likeness (QED) is 0.477. The number of likely N-dealkylation sites (N-methyl/N-ethyl adjacent to an activating group) is 1. The van der Waals surface area contributed by atoms with Crippen molar-refractivity contribution in [3.05, 3.63) is 80.7 Å². The molecule has 3 aromatic rings. The Hall–Kier alpha value is -1.99. The molecule has 2 fully saturated rings. The Balaban J connectivity index is 1.29. The fourth-order valence-corrected chi connectivity index (χ4v) is 7.25. The third-order valence-corrected chi connectivity index (χ3v) is 9.21. The molecule has 2 aromatic heterocycles. The van der Waals surface area contributed by atoms with Crippen LogP contribution >= 0.6 is 22.7 Å². The van der Waals surface area contributed by atoms with Gasteiger partial charge in [0.2, 0.25) is 5.60 Å². The van der Waals surface area contributed by atoms with Crippen molar-refractivity contribution in [1.82, 2.24) is 4.90 Å². The first-order valence-electron chi connectivity index (χ1n) is 11.3. The standard InChI is InChI=1S/C26H29NO3S2/c1-27(14-13-18-7-3-2-4-8-18)21-17-19-11-12-20(21)24(19)30-25(28)26(29,22-9-5-15-31-22)23-10-6-16-32-23/h2-10,15-16,19-21,24,29H,11-14,17H2,1H3. The van der Waals surface area contributed by atoms with Gasteiger partial charge in [0.25, 0.3) is 0 Å². The topological polar surface area (TPSA) is 49.8 Å². The summed E-state index contributed by atoms with van der Waals surface area (Å²) in [5.74, 6) is 0.182. The molecule has 4 nitrogen and oxygen atoms in total. The molecule has 0 spiro atoms. The zero-order valence-electron chi connectivity index (χ0n) is 18.2. The van der Waals surface area contributed by atoms with E-state index in [1.165, 1.54) is 28.2 Å². The minimum absolute atomic E-state index is 0.113. The van der Waals surface area contributed by atoms with E-state index in [1.807, 2.05) is 35.0 Å². The van der Waals surface area contributed by atoms with Crippen LogP contribution in [0.25, 0.3) is 0 Å². The highest BCUT2D eigenvalue weighted by atomic mass is 32.1. The molecule has 0 radical (unpaired) electrons. The molecule has 32 heavy (non-hydrogen) atoms. The zero-order chi connectivity index (χ0) is 22.1. The first kappa shape index (κ1) is 21.8. The highest BCUT2D eigenvalue weighted by Gasteiger charge is 2.54. The van der Waals surface area contributed by atoms with Crippen molar-refractivity contribution >= 4 is 28.6 Å². The summed E-state index contributed by atoms with van der Waals surface area (Å²) in [5.41, 5.74) is -0.374. The van der Waals surface area contributed by atoms with Crippen LogP contribution in [0.5, 0.6) is 0 Å². The van der Waals surface area contributed by atoms with Gasteiger partial charge in [-0.05, 0) is 67.1 Å². The fourth-order valence-electron chi connectivity index (χ4n) is 5.54. The van der Waals surface area contributed by atoms with E-state index in [0.717, 1.165) is 32.2 Å². The van der Waals surface area contributed by atoms with Gasteiger partial charge in [-0.15, -0.1) is 22.7 Å². The van der Waals surface area contributed by atoms with Gasteiger partial charge < -0.3 is 14.7 Å². The maximum atomic E-state index is 13.5. The van der Waals surface area contributed by atoms with Crippen LogP contribution in [-0.4, -0.2) is 41.7 Å². The van der Waals surface area contributed by atoms with Crippen LogP contribution < -0.4 is 0 Å². The van der Waals surface area contributed by atoms with Crippen molar-refractivity contribution in [3.8, 4) is 0 Å². The van der Waals surface area contributed by atoms with E-state index in [9.17, 15) is 9.90 Å². The van der Waals surface area contributed by atoms with Crippen molar-refractivity contribution in [2.75, 3.05) is 13.6 Å². The number of fused-ring (bicyclic) bond motifs is 2. The smallest absolute Gasteiger partial charge is 0.349 e. The third-order valence-electron chi connectivity index (χ3n) is 7.25. The van der Waals surface area contributed by atoms with Gasteiger partial charge in [-0.1, -0.05) is 42.5 Å². The second-order valence-corrected chi connectivity index (χ2v) is 11.0. The number of hydrogen-bond acceptors (Lipinski definition) is 6. The molecule has 6 heteroatoms. The maximum absolute atomic E-state index is 13.5. The van der Waals surface area contributed by atoms with Crippen LogP contribution in [0.15, 0.2) is 65.4 Å². The van der Waals surface area contributed by atoms with E-state index in [1.54, 1.807) is 0 Å². The molecule has 2 bridgehead atoms. The molecule has 5 rings (SSSR count). The molecule has 2 aliphatic rings. The predicted octanol–water partition coefficient (Wildman–Crippen LogP) is 4.93. The lowest BCUT2D eigenvalue weighted by Gasteiger charge is -2.32. The SMILES string of the molecule is CN(CCc1ccccc1)C1CC2CCC1C2OC(=O)C(O)(c1cccs1)c1cccs1. The lowest BCUT2D eigenvalue weighted by Crippen LogP contribution is -2.42. The number of benzene rings is 1. The van der Waals surface area contributed by atoms with E-state index in [2.05, 4.69) is 42.3 Å². The summed E-state index contributed by atoms with van der Waals surface area (Å²) in [5, 5.41) is 15.3. The summed E-state index contributed by atoms with van der Waals surface area (Å²) >= 11 is 2.78. The van der Waals surface area contributed by atoms with Crippen molar-refractivity contribution < 1.29 is 14.6 Å².